The molecule has 4 nitrogen and oxygen atoms in total. The van der Waals surface area contributed by atoms with Crippen LogP contribution in [0.2, 0.25) is 0 Å². The number of H-pyrrole nitrogens is 1. The fourth-order valence-corrected chi connectivity index (χ4v) is 3.99. The number of carbonyl (C=O) groups excluding carboxylic acids is 1. The van der Waals surface area contributed by atoms with Crippen LogP contribution in [0.5, 0.6) is 0 Å². The lowest BCUT2D eigenvalue weighted by atomic mass is 9.68. The molecule has 0 aliphatic heterocycles. The van der Waals surface area contributed by atoms with E-state index in [0.29, 0.717) is 17.7 Å². The number of fused-ring (bicyclic) bond motifs is 1. The Kier molecular flexibility index (Phi) is 4.08. The number of allylic oxidation sites excluding steroid dienone is 1. The second kappa shape index (κ2) is 6.65. The zero-order chi connectivity index (χ0) is 20.0. The average molecular weight is 391 g/mol. The molecule has 5 rings (SSSR count). The molecule has 2 aromatic carbocycles. The summed E-state index contributed by atoms with van der Waals surface area (Å²) in [4.78, 5) is 12.5. The Morgan fingerprint density at radius 1 is 1.07 bits per heavy atom. The summed E-state index contributed by atoms with van der Waals surface area (Å²) in [6.45, 7) is 0. The predicted molar refractivity (Wildman–Crippen MR) is 105 cm³/mol. The van der Waals surface area contributed by atoms with E-state index in [9.17, 15) is 13.6 Å². The van der Waals surface area contributed by atoms with Crippen LogP contribution in [0.15, 0.2) is 54.6 Å². The van der Waals surface area contributed by atoms with Crippen LogP contribution in [-0.4, -0.2) is 22.1 Å². The Morgan fingerprint density at radius 2 is 1.86 bits per heavy atom. The first-order chi connectivity index (χ1) is 14.1. The van der Waals surface area contributed by atoms with Crippen LogP contribution in [0.3, 0.4) is 0 Å². The molecule has 1 fully saturated rings. The molecule has 0 saturated heterocycles. The van der Waals surface area contributed by atoms with Crippen molar-refractivity contribution in [1.29, 1.82) is 0 Å². The number of hydrogen-bond donors (Lipinski definition) is 2. The molecule has 29 heavy (non-hydrogen) atoms. The van der Waals surface area contributed by atoms with Crippen LogP contribution in [0.25, 0.3) is 6.08 Å². The van der Waals surface area contributed by atoms with Crippen molar-refractivity contribution in [2.45, 2.75) is 30.7 Å². The first kappa shape index (κ1) is 17.8. The summed E-state index contributed by atoms with van der Waals surface area (Å²) >= 11 is 0. The van der Waals surface area contributed by atoms with Gasteiger partial charge in [0.2, 0.25) is 0 Å². The number of nitrogens with zero attached hydrogens (tertiary/aromatic N) is 1. The van der Waals surface area contributed by atoms with Gasteiger partial charge in [0.25, 0.3) is 5.91 Å². The van der Waals surface area contributed by atoms with Gasteiger partial charge in [-0.2, -0.15) is 5.10 Å². The number of aromatic amines is 1. The molecule has 0 spiro atoms. The van der Waals surface area contributed by atoms with Gasteiger partial charge in [-0.05, 0) is 36.1 Å². The molecule has 146 valence electrons. The SMILES string of the molecule is O=C(NC1CC1)c1n[nH]c2c1C=CC(c1ccccc1)(c1ccc(F)c(F)c1)C2. The second-order valence-electron chi connectivity index (χ2n) is 7.69. The van der Waals surface area contributed by atoms with E-state index in [1.54, 1.807) is 6.07 Å². The topological polar surface area (TPSA) is 57.8 Å². The Labute approximate surface area is 166 Å². The maximum atomic E-state index is 14.1. The highest BCUT2D eigenvalue weighted by atomic mass is 19.2. The van der Waals surface area contributed by atoms with Gasteiger partial charge in [-0.3, -0.25) is 9.89 Å². The van der Waals surface area contributed by atoms with Gasteiger partial charge in [-0.25, -0.2) is 8.78 Å². The lowest BCUT2D eigenvalue weighted by molar-refractivity contribution is 0.0946. The molecule has 1 aromatic heterocycles. The quantitative estimate of drug-likeness (QED) is 0.702. The van der Waals surface area contributed by atoms with Crippen LogP contribution in [-0.2, 0) is 11.8 Å². The predicted octanol–water partition coefficient (Wildman–Crippen LogP) is 4.14. The molecule has 1 saturated carbocycles. The highest BCUT2D eigenvalue weighted by Crippen LogP contribution is 2.42. The second-order valence-corrected chi connectivity index (χ2v) is 7.69. The van der Waals surface area contributed by atoms with Crippen molar-refractivity contribution in [3.05, 3.63) is 94.3 Å². The summed E-state index contributed by atoms with van der Waals surface area (Å²) in [6, 6.07) is 13.9. The molecule has 1 heterocycles. The minimum absolute atomic E-state index is 0.185. The number of aromatic nitrogens is 2. The maximum absolute atomic E-state index is 14.1. The van der Waals surface area contributed by atoms with Gasteiger partial charge in [0, 0.05) is 29.1 Å². The maximum Gasteiger partial charge on any atom is 0.272 e. The molecule has 2 N–H and O–H groups in total. The van der Waals surface area contributed by atoms with Gasteiger partial charge in [-0.15, -0.1) is 0 Å². The van der Waals surface area contributed by atoms with E-state index in [-0.39, 0.29) is 11.9 Å². The Hall–Kier alpha value is -3.28. The standard InChI is InChI=1S/C23H19F2N3O/c24-18-9-6-15(12-19(18)25)23(14-4-2-1-3-5-14)11-10-17-20(13-23)27-28-21(17)22(29)26-16-7-8-16/h1-6,9-12,16H,7-8,13H2,(H,26,29)(H,27,28). The van der Waals surface area contributed by atoms with Crippen LogP contribution in [0.4, 0.5) is 8.78 Å². The Morgan fingerprint density at radius 3 is 2.59 bits per heavy atom. The van der Waals surface area contributed by atoms with Gasteiger partial charge < -0.3 is 5.32 Å². The number of rotatable bonds is 4. The van der Waals surface area contributed by atoms with E-state index < -0.39 is 17.0 Å². The third-order valence-electron chi connectivity index (χ3n) is 5.72. The molecule has 1 unspecified atom stereocenters. The van der Waals surface area contributed by atoms with Gasteiger partial charge in [0.1, 0.15) is 0 Å². The number of hydrogen-bond acceptors (Lipinski definition) is 2. The number of halogens is 2. The van der Waals surface area contributed by atoms with E-state index in [1.807, 2.05) is 42.5 Å². The molecular formula is C23H19F2N3O. The fraction of sp³-hybridized carbons (Fsp3) is 0.217. The summed E-state index contributed by atoms with van der Waals surface area (Å²) < 4.78 is 27.7. The van der Waals surface area contributed by atoms with Gasteiger partial charge in [0.15, 0.2) is 17.3 Å². The van der Waals surface area contributed by atoms with E-state index in [2.05, 4.69) is 15.5 Å². The largest absolute Gasteiger partial charge is 0.348 e. The first-order valence-electron chi connectivity index (χ1n) is 9.65. The normalized spacial score (nSPS) is 20.3. The molecular weight excluding hydrogens is 372 g/mol. The number of benzene rings is 2. The lowest BCUT2D eigenvalue weighted by Crippen LogP contribution is -2.31. The highest BCUT2D eigenvalue weighted by molar-refractivity contribution is 5.97. The van der Waals surface area contributed by atoms with Gasteiger partial charge >= 0.3 is 0 Å². The van der Waals surface area contributed by atoms with Gasteiger partial charge in [-0.1, -0.05) is 48.6 Å². The van der Waals surface area contributed by atoms with Crippen LogP contribution >= 0.6 is 0 Å². The van der Waals surface area contributed by atoms with Crippen molar-refractivity contribution in [2.75, 3.05) is 0 Å². The lowest BCUT2D eigenvalue weighted by Gasteiger charge is -2.34. The van der Waals surface area contributed by atoms with Crippen molar-refractivity contribution in [3.63, 3.8) is 0 Å². The van der Waals surface area contributed by atoms with Crippen molar-refractivity contribution >= 4 is 12.0 Å². The monoisotopic (exact) mass is 391 g/mol. The third kappa shape index (κ3) is 3.05. The smallest absolute Gasteiger partial charge is 0.272 e. The summed E-state index contributed by atoms with van der Waals surface area (Å²) in [5, 5.41) is 10.2. The number of carbonyl (C=O) groups is 1. The molecule has 0 radical (unpaired) electrons. The van der Waals surface area contributed by atoms with E-state index in [4.69, 9.17) is 0 Å². The number of nitrogens with one attached hydrogen (secondary N) is 2. The summed E-state index contributed by atoms with van der Waals surface area (Å²) in [5.74, 6) is -1.95. The Bertz CT molecular complexity index is 1120. The average Bonchev–Trinajstić information content (AvgIpc) is 3.45. The van der Waals surface area contributed by atoms with E-state index in [1.165, 1.54) is 6.07 Å². The molecule has 1 atom stereocenters. The molecule has 2 aliphatic carbocycles. The zero-order valence-electron chi connectivity index (χ0n) is 15.6. The van der Waals surface area contributed by atoms with Crippen LogP contribution < -0.4 is 5.32 Å². The molecule has 1 amide bonds. The van der Waals surface area contributed by atoms with Crippen LogP contribution in [0.1, 0.15) is 45.7 Å². The van der Waals surface area contributed by atoms with E-state index >= 15 is 0 Å². The molecule has 2 aliphatic rings. The summed E-state index contributed by atoms with van der Waals surface area (Å²) in [7, 11) is 0. The number of amides is 1. The molecule has 0 bridgehead atoms. The highest BCUT2D eigenvalue weighted by Gasteiger charge is 2.38. The zero-order valence-corrected chi connectivity index (χ0v) is 15.6. The van der Waals surface area contributed by atoms with Crippen molar-refractivity contribution in [3.8, 4) is 0 Å². The van der Waals surface area contributed by atoms with Crippen molar-refractivity contribution < 1.29 is 13.6 Å². The molecule has 6 heteroatoms. The van der Waals surface area contributed by atoms with E-state index in [0.717, 1.165) is 35.7 Å². The third-order valence-corrected chi connectivity index (χ3v) is 5.72. The molecule has 3 aromatic rings. The minimum Gasteiger partial charge on any atom is -0.348 e. The Balaban J connectivity index is 1.60. The summed E-state index contributed by atoms with van der Waals surface area (Å²) in [6.07, 6.45) is 6.28. The minimum atomic E-state index is -0.883. The summed E-state index contributed by atoms with van der Waals surface area (Å²) in [5.41, 5.74) is 2.81. The fourth-order valence-electron chi connectivity index (χ4n) is 3.99. The van der Waals surface area contributed by atoms with Crippen molar-refractivity contribution in [1.82, 2.24) is 15.5 Å². The van der Waals surface area contributed by atoms with Gasteiger partial charge in [0.05, 0.1) is 0 Å². The first-order valence-corrected chi connectivity index (χ1v) is 9.65. The van der Waals surface area contributed by atoms with Crippen LogP contribution in [0, 0.1) is 11.6 Å². The van der Waals surface area contributed by atoms with Crippen molar-refractivity contribution in [2.24, 2.45) is 0 Å².